The fraction of sp³-hybridized carbons (Fsp3) is 0.600. The third kappa shape index (κ3) is 19.0. The first kappa shape index (κ1) is 42.6. The van der Waals surface area contributed by atoms with Crippen molar-refractivity contribution in [3.8, 4) is 0 Å². The molecule has 0 saturated heterocycles. The Morgan fingerprint density at radius 2 is 0.976 bits per heavy atom. The van der Waals surface area contributed by atoms with Crippen molar-refractivity contribution in [3.05, 3.63) is 11.5 Å². The van der Waals surface area contributed by atoms with Gasteiger partial charge in [0.15, 0.2) is 11.9 Å². The number of cyclic esters (lactones) is 1. The molecule has 0 aromatic carbocycles. The summed E-state index contributed by atoms with van der Waals surface area (Å²) in [4.78, 5) is 68.1. The Balaban J connectivity index is -0.000000863. The first-order valence-corrected chi connectivity index (χ1v) is 10.9. The number of aliphatic carboxylic acids is 5. The minimum Gasteiger partial charge on any atom is -0.505 e. The number of aliphatic hydroxyl groups is 4. The summed E-state index contributed by atoms with van der Waals surface area (Å²) >= 11 is 0. The average Bonchev–Trinajstić information content (AvgIpc) is 3.06. The van der Waals surface area contributed by atoms with Gasteiger partial charge in [-0.3, -0.25) is 38.7 Å². The Hall–Kier alpha value is -2.87. The summed E-state index contributed by atoms with van der Waals surface area (Å²) in [6, 6.07) is 0. The van der Waals surface area contributed by atoms with E-state index in [9.17, 15) is 28.8 Å². The maximum atomic E-state index is 11.0. The van der Waals surface area contributed by atoms with Crippen molar-refractivity contribution in [2.45, 2.75) is 12.2 Å². The molecule has 0 aromatic heterocycles. The Morgan fingerprint density at radius 1 is 0.683 bits per heavy atom. The molecule has 2 atom stereocenters. The van der Waals surface area contributed by atoms with E-state index in [-0.39, 0.29) is 63.4 Å². The van der Waals surface area contributed by atoms with E-state index >= 15 is 0 Å². The molecule has 0 unspecified atom stereocenters. The minimum absolute atomic E-state index is 0. The van der Waals surface area contributed by atoms with E-state index in [1.165, 1.54) is 4.90 Å². The van der Waals surface area contributed by atoms with Crippen molar-refractivity contribution in [2.75, 3.05) is 65.5 Å². The molecule has 0 bridgehead atoms. The summed E-state index contributed by atoms with van der Waals surface area (Å²) in [5.74, 6) is -8.93. The van der Waals surface area contributed by atoms with Gasteiger partial charge in [0.1, 0.15) is 6.10 Å². The fourth-order valence-corrected chi connectivity index (χ4v) is 3.04. The largest absolute Gasteiger partial charge is 0.505 e. The van der Waals surface area contributed by atoms with Gasteiger partial charge in [0.25, 0.3) is 0 Å². The standard InChI is InChI=1S/C14H23N3O10.C6H8O6.Fe.Tc/c18-10(19)5-15(1-3-16(6-11(20)21)7-12(22)23)2-4-17(8-13(24)25)9-14(26)27;7-1-2(8)5-3(9)4(10)6(11)12-5;;/h1-9H2,(H,18,19)(H,20,21)(H,22,23)(H,24,25)(H,26,27);2,5,7-10H,1H2;;/t;2-,5+;;/m.0../s1/i;;;1+1. The number of nitrogens with zero attached hydrogens (tertiary/aromatic N) is 3. The molecule has 9 N–H and O–H groups in total. The molecule has 0 fully saturated rings. The molecule has 0 aromatic rings. The van der Waals surface area contributed by atoms with Crippen LogP contribution in [0.5, 0.6) is 0 Å². The topological polar surface area (TPSA) is 303 Å². The number of hydrogen-bond donors (Lipinski definition) is 9. The third-order valence-corrected chi connectivity index (χ3v) is 4.74. The SMILES string of the molecule is O=C(O)CN(CCN(CC(=O)O)CC(=O)O)CCN(CC(=O)O)CC(=O)O.O=C1O[C@H]([C@@H](O)CO)C(O)=C1O.[99Tc].[Fe]. The molecule has 237 valence electrons. The number of carbonyl (C=O) groups excluding carboxylic acids is 1. The average molecular weight is 724 g/mol. The fourth-order valence-electron chi connectivity index (χ4n) is 3.04. The van der Waals surface area contributed by atoms with E-state index in [0.29, 0.717) is 0 Å². The minimum atomic E-state index is -1.42. The molecule has 1 rings (SSSR count). The Morgan fingerprint density at radius 3 is 1.22 bits per heavy atom. The quantitative estimate of drug-likeness (QED) is 0.0479. The van der Waals surface area contributed by atoms with Gasteiger partial charge in [-0.1, -0.05) is 0 Å². The van der Waals surface area contributed by atoms with Crippen molar-refractivity contribution >= 4 is 35.8 Å². The predicted octanol–water partition coefficient (Wildman–Crippen LogP) is -4.10. The van der Waals surface area contributed by atoms with Crippen LogP contribution < -0.4 is 0 Å². The molecule has 19 nitrogen and oxygen atoms in total. The maximum absolute atomic E-state index is 11.0. The van der Waals surface area contributed by atoms with Crippen LogP contribution in [0, 0.1) is 0 Å². The maximum Gasteiger partial charge on any atom is 0.377 e. The third-order valence-electron chi connectivity index (χ3n) is 4.74. The van der Waals surface area contributed by atoms with Crippen LogP contribution in [0.25, 0.3) is 0 Å². The number of ether oxygens (including phenoxy) is 1. The van der Waals surface area contributed by atoms with Gasteiger partial charge in [-0.15, -0.1) is 0 Å². The van der Waals surface area contributed by atoms with Crippen LogP contribution in [-0.2, 0) is 70.7 Å². The van der Waals surface area contributed by atoms with Crippen molar-refractivity contribution in [1.29, 1.82) is 0 Å². The summed E-state index contributed by atoms with van der Waals surface area (Å²) in [7, 11) is 0. The monoisotopic (exact) mass is 724 g/mol. The first-order valence-electron chi connectivity index (χ1n) is 10.9. The van der Waals surface area contributed by atoms with Crippen LogP contribution >= 0.6 is 0 Å². The van der Waals surface area contributed by atoms with Crippen LogP contribution in [0.4, 0.5) is 0 Å². The number of carbonyl (C=O) groups is 6. The summed E-state index contributed by atoms with van der Waals surface area (Å²) in [5, 5.41) is 79.2. The van der Waals surface area contributed by atoms with Gasteiger partial charge >= 0.3 is 35.8 Å². The smallest absolute Gasteiger partial charge is 0.377 e. The second-order valence-electron chi connectivity index (χ2n) is 7.98. The van der Waals surface area contributed by atoms with Crippen molar-refractivity contribution < 1.29 is 117 Å². The molecule has 41 heavy (non-hydrogen) atoms. The van der Waals surface area contributed by atoms with Crippen molar-refractivity contribution in [1.82, 2.24) is 14.7 Å². The van der Waals surface area contributed by atoms with E-state index < -0.39 is 98.9 Å². The van der Waals surface area contributed by atoms with Crippen LogP contribution in [-0.4, -0.2) is 174 Å². The molecular weight excluding hydrogens is 693 g/mol. The number of carboxylic acids is 5. The van der Waals surface area contributed by atoms with E-state index in [0.717, 1.165) is 9.80 Å². The van der Waals surface area contributed by atoms with Gasteiger partial charge in [0.2, 0.25) is 5.76 Å². The van der Waals surface area contributed by atoms with Gasteiger partial charge in [-0.25, -0.2) is 4.79 Å². The number of aliphatic hydroxyl groups excluding tert-OH is 4. The molecule has 1 heterocycles. The zero-order valence-electron chi connectivity index (χ0n) is 21.2. The number of esters is 1. The number of rotatable bonds is 18. The van der Waals surface area contributed by atoms with Crippen LogP contribution in [0.15, 0.2) is 11.5 Å². The van der Waals surface area contributed by atoms with Gasteiger partial charge in [0.05, 0.1) is 39.3 Å². The van der Waals surface area contributed by atoms with E-state index in [2.05, 4.69) is 4.74 Å². The van der Waals surface area contributed by atoms with Gasteiger partial charge < -0.3 is 50.7 Å². The molecule has 1 radical (unpaired) electrons. The van der Waals surface area contributed by atoms with Crippen LogP contribution in [0.3, 0.4) is 0 Å². The van der Waals surface area contributed by atoms with E-state index in [1.807, 2.05) is 0 Å². The molecule has 21 heteroatoms. The van der Waals surface area contributed by atoms with Gasteiger partial charge in [-0.05, 0) is 0 Å². The molecule has 0 spiro atoms. The Kier molecular flexibility index (Phi) is 22.7. The molecule has 1 aliphatic heterocycles. The number of carboxylic acid groups (broad SMARTS) is 5. The van der Waals surface area contributed by atoms with E-state index in [4.69, 9.17) is 46.0 Å². The van der Waals surface area contributed by atoms with Gasteiger partial charge in [-0.2, -0.15) is 0 Å². The molecule has 0 aliphatic carbocycles. The molecular formula is C20H31FeN3O16Tc. The van der Waals surface area contributed by atoms with Crippen molar-refractivity contribution in [2.24, 2.45) is 0 Å². The Labute approximate surface area is 256 Å². The molecule has 0 saturated carbocycles. The first-order chi connectivity index (χ1) is 18.1. The van der Waals surface area contributed by atoms with Crippen LogP contribution in [0.1, 0.15) is 0 Å². The normalized spacial score (nSPS) is 14.9. The Bertz CT molecular complexity index is 864. The zero-order valence-corrected chi connectivity index (χ0v) is 24.1. The molecule has 1 aliphatic rings. The van der Waals surface area contributed by atoms with E-state index in [1.54, 1.807) is 0 Å². The van der Waals surface area contributed by atoms with Crippen molar-refractivity contribution in [3.63, 3.8) is 0 Å². The summed E-state index contributed by atoms with van der Waals surface area (Å²) in [5.41, 5.74) is 0. The second kappa shape index (κ2) is 21.8. The summed E-state index contributed by atoms with van der Waals surface area (Å²) < 4.78 is 4.32. The summed E-state index contributed by atoms with van der Waals surface area (Å²) in [6.45, 7) is -3.41. The summed E-state index contributed by atoms with van der Waals surface area (Å²) in [6.07, 6.45) is -2.78. The second-order valence-corrected chi connectivity index (χ2v) is 7.98. The predicted molar refractivity (Wildman–Crippen MR) is 123 cm³/mol. The molecule has 0 amide bonds. The van der Waals surface area contributed by atoms with Crippen LogP contribution in [0.2, 0.25) is 0 Å². The van der Waals surface area contributed by atoms with Gasteiger partial charge in [0, 0.05) is 63.4 Å². The zero-order chi connectivity index (χ0) is 30.3. The number of hydrogen-bond acceptors (Lipinski definition) is 14.